The number of esters is 1. The second kappa shape index (κ2) is 7.11. The number of halogens is 4. The largest absolute Gasteiger partial charge is 0.534 e. The van der Waals surface area contributed by atoms with Crippen LogP contribution in [0, 0.1) is 11.8 Å². The average molecular weight is 413 g/mol. The molecule has 2 aliphatic carbocycles. The van der Waals surface area contributed by atoms with E-state index in [0.29, 0.717) is 16.7 Å². The molecule has 0 heterocycles. The van der Waals surface area contributed by atoms with Gasteiger partial charge in [0.1, 0.15) is 5.76 Å². The van der Waals surface area contributed by atoms with Gasteiger partial charge in [-0.1, -0.05) is 30.7 Å². The molecule has 0 bridgehead atoms. The first-order chi connectivity index (χ1) is 11.9. The Bertz CT molecular complexity index is 850. The minimum atomic E-state index is -5.81. The second-order valence-electron chi connectivity index (χ2n) is 5.87. The number of hydrogen-bond donors (Lipinski definition) is 0. The summed E-state index contributed by atoms with van der Waals surface area (Å²) in [7, 11) is -4.57. The van der Waals surface area contributed by atoms with Gasteiger partial charge in [0, 0.05) is 6.42 Å². The van der Waals surface area contributed by atoms with E-state index in [2.05, 4.69) is 4.18 Å². The fourth-order valence-electron chi connectivity index (χ4n) is 2.61. The van der Waals surface area contributed by atoms with Crippen LogP contribution in [-0.4, -0.2) is 27.0 Å². The topological polar surface area (TPSA) is 69.7 Å². The zero-order valence-corrected chi connectivity index (χ0v) is 15.6. The van der Waals surface area contributed by atoms with Gasteiger partial charge in [0.15, 0.2) is 0 Å². The number of methoxy groups -OCH3 is 1. The first-order valence-corrected chi connectivity index (χ1v) is 9.28. The van der Waals surface area contributed by atoms with E-state index in [1.54, 1.807) is 26.0 Å². The molecule has 0 saturated carbocycles. The summed E-state index contributed by atoms with van der Waals surface area (Å²) >= 11 is 6.11. The predicted octanol–water partition coefficient (Wildman–Crippen LogP) is 3.94. The Morgan fingerprint density at radius 2 is 2.00 bits per heavy atom. The van der Waals surface area contributed by atoms with Crippen LogP contribution in [0.2, 0.25) is 0 Å². The van der Waals surface area contributed by atoms with Crippen molar-refractivity contribution >= 4 is 27.7 Å². The van der Waals surface area contributed by atoms with E-state index >= 15 is 0 Å². The van der Waals surface area contributed by atoms with E-state index in [1.165, 1.54) is 13.2 Å². The lowest BCUT2D eigenvalue weighted by Crippen LogP contribution is -2.25. The maximum Gasteiger partial charge on any atom is 0.534 e. The number of carbonyl (C=O) groups is 1. The molecular formula is C16H16ClF3O5S. The molecule has 5 nitrogen and oxygen atoms in total. The number of alkyl halides is 3. The zero-order chi connectivity index (χ0) is 19.9. The number of carbonyl (C=O) groups excluding carboxylic acids is 1. The highest BCUT2D eigenvalue weighted by Gasteiger charge is 2.49. The zero-order valence-electron chi connectivity index (χ0n) is 14.1. The Morgan fingerprint density at radius 1 is 1.38 bits per heavy atom. The van der Waals surface area contributed by atoms with Crippen LogP contribution in [0.5, 0.6) is 0 Å². The Hall–Kier alpha value is -1.74. The van der Waals surface area contributed by atoms with Crippen molar-refractivity contribution in [3.8, 4) is 0 Å². The summed E-state index contributed by atoms with van der Waals surface area (Å²) in [6.07, 6.45) is 4.82. The highest BCUT2D eigenvalue weighted by Crippen LogP contribution is 2.44. The first kappa shape index (κ1) is 20.6. The van der Waals surface area contributed by atoms with E-state index < -0.39 is 33.3 Å². The van der Waals surface area contributed by atoms with Crippen molar-refractivity contribution in [2.75, 3.05) is 7.11 Å². The minimum Gasteiger partial charge on any atom is -0.469 e. The van der Waals surface area contributed by atoms with Gasteiger partial charge in [0.05, 0.1) is 18.1 Å². The van der Waals surface area contributed by atoms with Gasteiger partial charge in [-0.15, -0.1) is 0 Å². The van der Waals surface area contributed by atoms with Crippen molar-refractivity contribution in [2.45, 2.75) is 25.8 Å². The number of rotatable bonds is 4. The van der Waals surface area contributed by atoms with Crippen LogP contribution in [0.15, 0.2) is 45.7 Å². The molecule has 0 saturated heterocycles. The highest BCUT2D eigenvalue weighted by molar-refractivity contribution is 7.87. The molecular weight excluding hydrogens is 397 g/mol. The van der Waals surface area contributed by atoms with Gasteiger partial charge in [0.2, 0.25) is 0 Å². The third-order valence-corrected chi connectivity index (χ3v) is 5.57. The molecule has 0 aliphatic heterocycles. The van der Waals surface area contributed by atoms with Gasteiger partial charge in [-0.3, -0.25) is 4.79 Å². The first-order valence-electron chi connectivity index (χ1n) is 7.49. The standard InChI is InChI=1S/C16H16ClF3O5S/c1-8-4-5-10(9(2)15(21)24-3)6-12-11(8)7-13(14(12)17)25-26(22,23)16(18,19)20/h4-6,8-9H,7H2,1-3H3. The summed E-state index contributed by atoms with van der Waals surface area (Å²) in [6, 6.07) is 0. The Balaban J connectivity index is 2.42. The van der Waals surface area contributed by atoms with E-state index in [4.69, 9.17) is 16.3 Å². The van der Waals surface area contributed by atoms with Crippen LogP contribution >= 0.6 is 11.6 Å². The molecule has 2 aliphatic rings. The molecule has 26 heavy (non-hydrogen) atoms. The van der Waals surface area contributed by atoms with Gasteiger partial charge in [-0.05, 0) is 35.6 Å². The van der Waals surface area contributed by atoms with Crippen molar-refractivity contribution < 1.29 is 35.3 Å². The summed E-state index contributed by atoms with van der Waals surface area (Å²) in [6.45, 7) is 3.38. The average Bonchev–Trinajstić information content (AvgIpc) is 2.74. The monoisotopic (exact) mass is 412 g/mol. The van der Waals surface area contributed by atoms with Crippen LogP contribution in [0.25, 0.3) is 0 Å². The smallest absolute Gasteiger partial charge is 0.469 e. The van der Waals surface area contributed by atoms with Crippen molar-refractivity contribution in [3.05, 3.63) is 45.7 Å². The molecule has 144 valence electrons. The Kier molecular flexibility index (Phi) is 5.63. The van der Waals surface area contributed by atoms with Crippen molar-refractivity contribution in [3.63, 3.8) is 0 Å². The van der Waals surface area contributed by atoms with Gasteiger partial charge in [0.25, 0.3) is 0 Å². The molecule has 0 N–H and O–H groups in total. The molecule has 2 rings (SSSR count). The molecule has 0 spiro atoms. The molecule has 0 fully saturated rings. The van der Waals surface area contributed by atoms with Gasteiger partial charge in [-0.25, -0.2) is 0 Å². The van der Waals surface area contributed by atoms with Crippen molar-refractivity contribution in [2.24, 2.45) is 11.8 Å². The number of ether oxygens (including phenoxy) is 1. The van der Waals surface area contributed by atoms with Gasteiger partial charge >= 0.3 is 21.6 Å². The second-order valence-corrected chi connectivity index (χ2v) is 7.79. The maximum absolute atomic E-state index is 12.6. The lowest BCUT2D eigenvalue weighted by Gasteiger charge is -2.13. The van der Waals surface area contributed by atoms with Crippen LogP contribution < -0.4 is 0 Å². The van der Waals surface area contributed by atoms with Crippen LogP contribution in [0.3, 0.4) is 0 Å². The summed E-state index contributed by atoms with van der Waals surface area (Å²) in [5.41, 5.74) is -4.07. The Labute approximate surface area is 153 Å². The molecule has 2 unspecified atom stereocenters. The van der Waals surface area contributed by atoms with Crippen LogP contribution in [-0.2, 0) is 23.8 Å². The number of allylic oxidation sites excluding steroid dienone is 6. The Morgan fingerprint density at radius 3 is 2.54 bits per heavy atom. The third kappa shape index (κ3) is 3.83. The van der Waals surface area contributed by atoms with E-state index in [9.17, 15) is 26.4 Å². The highest BCUT2D eigenvalue weighted by atomic mass is 35.5. The third-order valence-electron chi connectivity index (χ3n) is 4.16. The van der Waals surface area contributed by atoms with Crippen LogP contribution in [0.4, 0.5) is 13.2 Å². The van der Waals surface area contributed by atoms with Crippen molar-refractivity contribution in [1.82, 2.24) is 0 Å². The molecule has 0 aromatic rings. The molecule has 2 atom stereocenters. The summed E-state index contributed by atoms with van der Waals surface area (Å²) in [4.78, 5) is 11.8. The van der Waals surface area contributed by atoms with Crippen LogP contribution in [0.1, 0.15) is 20.3 Å². The fourth-order valence-corrected chi connectivity index (χ4v) is 3.44. The molecule has 0 radical (unpaired) electrons. The fraction of sp³-hybridized carbons (Fsp3) is 0.438. The molecule has 0 aromatic heterocycles. The van der Waals surface area contributed by atoms with Gasteiger partial charge < -0.3 is 8.92 Å². The van der Waals surface area contributed by atoms with E-state index in [0.717, 1.165) is 0 Å². The lowest BCUT2D eigenvalue weighted by molar-refractivity contribution is -0.143. The predicted molar refractivity (Wildman–Crippen MR) is 88.1 cm³/mol. The summed E-state index contributed by atoms with van der Waals surface area (Å²) in [5.74, 6) is -1.86. The molecule has 0 amide bonds. The number of hydrogen-bond acceptors (Lipinski definition) is 5. The lowest BCUT2D eigenvalue weighted by atomic mass is 9.97. The van der Waals surface area contributed by atoms with E-state index in [1.807, 2.05) is 0 Å². The van der Waals surface area contributed by atoms with E-state index in [-0.39, 0.29) is 17.4 Å². The minimum absolute atomic E-state index is 0.175. The maximum atomic E-state index is 12.6. The summed E-state index contributed by atoms with van der Waals surface area (Å²) in [5, 5.41) is -0.224. The SMILES string of the molecule is COC(=O)C(C)C1=CC2=C(CC(OS(=O)(=O)C(F)(F)F)=C2Cl)C(C)C=C1. The van der Waals surface area contributed by atoms with Crippen molar-refractivity contribution in [1.29, 1.82) is 0 Å². The summed E-state index contributed by atoms with van der Waals surface area (Å²) < 4.78 is 69.1. The molecule has 0 aromatic carbocycles. The quantitative estimate of drug-likeness (QED) is 0.397. The normalized spacial score (nSPS) is 22.0. The van der Waals surface area contributed by atoms with Gasteiger partial charge in [-0.2, -0.15) is 21.6 Å². The molecule has 10 heteroatoms.